The molecule has 2 N–H and O–H groups in total. The first-order valence-electron chi connectivity index (χ1n) is 9.27. The minimum absolute atomic E-state index is 0.0390. The van der Waals surface area contributed by atoms with Crippen LogP contribution in [0.1, 0.15) is 33.4 Å². The summed E-state index contributed by atoms with van der Waals surface area (Å²) in [7, 11) is 0. The number of nitrogens with one attached hydrogen (secondary N) is 2. The number of hydrogen-bond donors (Lipinski definition) is 2. The van der Waals surface area contributed by atoms with Crippen LogP contribution in [0.2, 0.25) is 0 Å². The van der Waals surface area contributed by atoms with Gasteiger partial charge in [-0.3, -0.25) is 9.59 Å². The number of esters is 1. The maximum absolute atomic E-state index is 12.8. The van der Waals surface area contributed by atoms with Crippen molar-refractivity contribution in [2.24, 2.45) is 0 Å². The van der Waals surface area contributed by atoms with Gasteiger partial charge in [0.25, 0.3) is 11.8 Å². The third kappa shape index (κ3) is 5.45. The predicted molar refractivity (Wildman–Crippen MR) is 112 cm³/mol. The van der Waals surface area contributed by atoms with Crippen molar-refractivity contribution in [2.45, 2.75) is 6.92 Å². The Balaban J connectivity index is 1.78. The number of anilines is 1. The highest BCUT2D eigenvalue weighted by molar-refractivity contribution is 6.10. The Hall–Kier alpha value is -4.13. The van der Waals surface area contributed by atoms with Gasteiger partial charge in [0.05, 0.1) is 18.4 Å². The Morgan fingerprint density at radius 3 is 2.33 bits per heavy atom. The van der Waals surface area contributed by atoms with Crippen LogP contribution >= 0.6 is 0 Å². The second-order valence-electron chi connectivity index (χ2n) is 6.15. The molecule has 7 heteroatoms. The summed E-state index contributed by atoms with van der Waals surface area (Å²) in [5.74, 6) is -1.43. The summed E-state index contributed by atoms with van der Waals surface area (Å²) in [5, 5.41) is 5.28. The van der Waals surface area contributed by atoms with Crippen LogP contribution in [-0.4, -0.2) is 24.4 Å². The first-order valence-corrected chi connectivity index (χ1v) is 9.27. The number of benzene rings is 2. The van der Waals surface area contributed by atoms with Crippen molar-refractivity contribution in [1.82, 2.24) is 5.32 Å². The van der Waals surface area contributed by atoms with Crippen molar-refractivity contribution < 1.29 is 23.5 Å². The summed E-state index contributed by atoms with van der Waals surface area (Å²) < 4.78 is 10.0. The van der Waals surface area contributed by atoms with Crippen LogP contribution in [0, 0.1) is 0 Å². The molecule has 1 heterocycles. The van der Waals surface area contributed by atoms with E-state index in [-0.39, 0.29) is 18.1 Å². The number of carbonyl (C=O) groups is 3. The zero-order valence-electron chi connectivity index (χ0n) is 16.3. The predicted octanol–water partition coefficient (Wildman–Crippen LogP) is 3.87. The second-order valence-corrected chi connectivity index (χ2v) is 6.15. The average Bonchev–Trinajstić information content (AvgIpc) is 3.30. The van der Waals surface area contributed by atoms with E-state index in [0.717, 1.165) is 5.56 Å². The van der Waals surface area contributed by atoms with Gasteiger partial charge in [0, 0.05) is 5.69 Å². The Labute approximate surface area is 173 Å². The van der Waals surface area contributed by atoms with Crippen molar-refractivity contribution in [3.05, 3.63) is 95.6 Å². The molecule has 0 atom stereocenters. The van der Waals surface area contributed by atoms with E-state index in [4.69, 9.17) is 9.15 Å². The molecule has 0 aliphatic heterocycles. The molecule has 0 spiro atoms. The molecular formula is C23H20N2O5. The number of amides is 2. The molecular weight excluding hydrogens is 384 g/mol. The minimum Gasteiger partial charge on any atom is -0.462 e. The summed E-state index contributed by atoms with van der Waals surface area (Å²) in [6, 6.07) is 18.5. The van der Waals surface area contributed by atoms with Gasteiger partial charge in [-0.25, -0.2) is 4.79 Å². The molecule has 3 aromatic rings. The fourth-order valence-corrected chi connectivity index (χ4v) is 2.57. The van der Waals surface area contributed by atoms with E-state index < -0.39 is 17.8 Å². The Bertz CT molecular complexity index is 1040. The van der Waals surface area contributed by atoms with Crippen molar-refractivity contribution in [2.75, 3.05) is 11.9 Å². The lowest BCUT2D eigenvalue weighted by atomic mass is 10.1. The maximum atomic E-state index is 12.8. The fourth-order valence-electron chi connectivity index (χ4n) is 2.57. The van der Waals surface area contributed by atoms with Gasteiger partial charge in [-0.05, 0) is 55.0 Å². The van der Waals surface area contributed by atoms with Gasteiger partial charge in [0.2, 0.25) is 0 Å². The third-order valence-electron chi connectivity index (χ3n) is 4.00. The van der Waals surface area contributed by atoms with Crippen molar-refractivity contribution in [1.29, 1.82) is 0 Å². The Kier molecular flexibility index (Phi) is 6.78. The fraction of sp³-hybridized carbons (Fsp3) is 0.0870. The van der Waals surface area contributed by atoms with Crippen LogP contribution in [0.5, 0.6) is 0 Å². The van der Waals surface area contributed by atoms with Crippen LogP contribution in [0.15, 0.2) is 83.1 Å². The number of ether oxygens (including phenoxy) is 1. The molecule has 1 aromatic heterocycles. The monoisotopic (exact) mass is 404 g/mol. The lowest BCUT2D eigenvalue weighted by Crippen LogP contribution is -2.30. The van der Waals surface area contributed by atoms with Gasteiger partial charge in [0.15, 0.2) is 5.76 Å². The van der Waals surface area contributed by atoms with Crippen LogP contribution in [0.25, 0.3) is 6.08 Å². The van der Waals surface area contributed by atoms with Crippen molar-refractivity contribution in [3.8, 4) is 0 Å². The second kappa shape index (κ2) is 9.88. The largest absolute Gasteiger partial charge is 0.462 e. The summed E-state index contributed by atoms with van der Waals surface area (Å²) in [5.41, 5.74) is 1.61. The summed E-state index contributed by atoms with van der Waals surface area (Å²) >= 11 is 0. The number of hydrogen-bond acceptors (Lipinski definition) is 5. The van der Waals surface area contributed by atoms with Gasteiger partial charge in [-0.2, -0.15) is 0 Å². The minimum atomic E-state index is -0.546. The molecule has 7 nitrogen and oxygen atoms in total. The Morgan fingerprint density at radius 2 is 1.70 bits per heavy atom. The number of rotatable bonds is 7. The lowest BCUT2D eigenvalue weighted by Gasteiger charge is -2.11. The van der Waals surface area contributed by atoms with E-state index >= 15 is 0 Å². The molecule has 0 saturated carbocycles. The van der Waals surface area contributed by atoms with Gasteiger partial charge in [0.1, 0.15) is 5.70 Å². The van der Waals surface area contributed by atoms with E-state index in [2.05, 4.69) is 10.6 Å². The highest BCUT2D eigenvalue weighted by atomic mass is 16.5. The van der Waals surface area contributed by atoms with Gasteiger partial charge in [-0.1, -0.05) is 30.3 Å². The van der Waals surface area contributed by atoms with Crippen molar-refractivity contribution >= 4 is 29.5 Å². The number of furan rings is 1. The van der Waals surface area contributed by atoms with Crippen molar-refractivity contribution in [3.63, 3.8) is 0 Å². The van der Waals surface area contributed by atoms with Crippen LogP contribution in [-0.2, 0) is 9.53 Å². The first-order chi connectivity index (χ1) is 14.6. The molecule has 0 aliphatic carbocycles. The van der Waals surface area contributed by atoms with Crippen LogP contribution in [0.4, 0.5) is 5.69 Å². The van der Waals surface area contributed by atoms with Gasteiger partial charge in [-0.15, -0.1) is 0 Å². The zero-order valence-corrected chi connectivity index (χ0v) is 16.3. The highest BCUT2D eigenvalue weighted by Gasteiger charge is 2.17. The standard InChI is InChI=1S/C23H20N2O5/c1-2-29-23(28)17-10-12-18(13-11-17)24-21(26)19(15-16-7-4-3-5-8-16)25-22(27)20-9-6-14-30-20/h3-15H,2H2,1H3,(H,24,26)(H,25,27)/b19-15+. The molecule has 152 valence electrons. The molecule has 2 amide bonds. The molecule has 0 radical (unpaired) electrons. The highest BCUT2D eigenvalue weighted by Crippen LogP contribution is 2.13. The molecule has 0 saturated heterocycles. The van der Waals surface area contributed by atoms with E-state index in [1.54, 1.807) is 55.5 Å². The number of carbonyl (C=O) groups excluding carboxylic acids is 3. The molecule has 0 bridgehead atoms. The Morgan fingerprint density at radius 1 is 0.967 bits per heavy atom. The molecule has 0 fully saturated rings. The van der Waals surface area contributed by atoms with E-state index in [9.17, 15) is 14.4 Å². The molecule has 0 unspecified atom stereocenters. The smallest absolute Gasteiger partial charge is 0.338 e. The van der Waals surface area contributed by atoms with E-state index in [1.165, 1.54) is 12.3 Å². The van der Waals surface area contributed by atoms with Gasteiger partial charge >= 0.3 is 5.97 Å². The van der Waals surface area contributed by atoms with Crippen LogP contribution in [0.3, 0.4) is 0 Å². The summed E-state index contributed by atoms with van der Waals surface area (Å²) in [6.45, 7) is 2.00. The quantitative estimate of drug-likeness (QED) is 0.460. The molecule has 30 heavy (non-hydrogen) atoms. The van der Waals surface area contributed by atoms with Crippen LogP contribution < -0.4 is 10.6 Å². The first kappa shape index (κ1) is 20.6. The summed E-state index contributed by atoms with van der Waals surface area (Å²) in [6.07, 6.45) is 2.93. The molecule has 0 aliphatic rings. The molecule has 3 rings (SSSR count). The maximum Gasteiger partial charge on any atom is 0.338 e. The topological polar surface area (TPSA) is 97.6 Å². The average molecular weight is 404 g/mol. The summed E-state index contributed by atoms with van der Waals surface area (Å²) in [4.78, 5) is 36.9. The normalized spacial score (nSPS) is 10.9. The van der Waals surface area contributed by atoms with Gasteiger partial charge < -0.3 is 19.8 Å². The zero-order chi connectivity index (χ0) is 21.3. The SMILES string of the molecule is CCOC(=O)c1ccc(NC(=O)/C(=C\c2ccccc2)NC(=O)c2ccco2)cc1. The van der Waals surface area contributed by atoms with E-state index in [0.29, 0.717) is 11.3 Å². The third-order valence-corrected chi connectivity index (χ3v) is 4.00. The lowest BCUT2D eigenvalue weighted by molar-refractivity contribution is -0.113. The molecule has 2 aromatic carbocycles. The van der Waals surface area contributed by atoms with E-state index in [1.807, 2.05) is 18.2 Å².